The quantitative estimate of drug-likeness (QED) is 0.606. The Labute approximate surface area is 128 Å². The van der Waals surface area contributed by atoms with Gasteiger partial charge in [0.25, 0.3) is 0 Å². The number of benzene rings is 1. The van der Waals surface area contributed by atoms with Crippen LogP contribution < -0.4 is 9.47 Å². The molecule has 0 bridgehead atoms. The SMILES string of the molecule is COc1cc(CCC(C)=O)ccc1OC(=O)c1cccnc1. The number of carbonyl (C=O) groups is 2. The van der Waals surface area contributed by atoms with Crippen LogP contribution in [0, 0.1) is 0 Å². The lowest BCUT2D eigenvalue weighted by Crippen LogP contribution is -2.09. The van der Waals surface area contributed by atoms with Gasteiger partial charge in [-0.05, 0) is 43.2 Å². The summed E-state index contributed by atoms with van der Waals surface area (Å²) in [5, 5.41) is 0. The number of rotatable bonds is 6. The van der Waals surface area contributed by atoms with Crippen molar-refractivity contribution in [2.75, 3.05) is 7.11 Å². The van der Waals surface area contributed by atoms with E-state index < -0.39 is 5.97 Å². The topological polar surface area (TPSA) is 65.5 Å². The van der Waals surface area contributed by atoms with Crippen molar-refractivity contribution in [1.29, 1.82) is 0 Å². The van der Waals surface area contributed by atoms with Crippen molar-refractivity contribution in [2.24, 2.45) is 0 Å². The molecule has 1 aromatic carbocycles. The Kier molecular flexibility index (Phi) is 5.25. The van der Waals surface area contributed by atoms with Crippen LogP contribution in [0.1, 0.15) is 29.3 Å². The minimum absolute atomic E-state index is 0.131. The van der Waals surface area contributed by atoms with E-state index in [9.17, 15) is 9.59 Å². The van der Waals surface area contributed by atoms with Gasteiger partial charge in [0.2, 0.25) is 0 Å². The molecule has 1 heterocycles. The van der Waals surface area contributed by atoms with Gasteiger partial charge in [-0.2, -0.15) is 0 Å². The van der Waals surface area contributed by atoms with E-state index >= 15 is 0 Å². The van der Waals surface area contributed by atoms with Gasteiger partial charge in [-0.15, -0.1) is 0 Å². The molecule has 2 aromatic rings. The normalized spacial score (nSPS) is 10.1. The number of aryl methyl sites for hydroxylation is 1. The van der Waals surface area contributed by atoms with Crippen molar-refractivity contribution >= 4 is 11.8 Å². The molecule has 22 heavy (non-hydrogen) atoms. The number of methoxy groups -OCH3 is 1. The summed E-state index contributed by atoms with van der Waals surface area (Å²) in [6, 6.07) is 8.55. The Morgan fingerprint density at radius 1 is 1.18 bits per heavy atom. The van der Waals surface area contributed by atoms with Gasteiger partial charge in [0.05, 0.1) is 12.7 Å². The lowest BCUT2D eigenvalue weighted by molar-refractivity contribution is -0.116. The molecule has 114 valence electrons. The minimum Gasteiger partial charge on any atom is -0.493 e. The summed E-state index contributed by atoms with van der Waals surface area (Å²) in [7, 11) is 1.51. The van der Waals surface area contributed by atoms with Gasteiger partial charge in [-0.1, -0.05) is 6.07 Å². The number of ether oxygens (including phenoxy) is 2. The van der Waals surface area contributed by atoms with E-state index in [0.717, 1.165) is 5.56 Å². The summed E-state index contributed by atoms with van der Waals surface area (Å²) in [6.07, 6.45) is 4.12. The predicted molar refractivity (Wildman–Crippen MR) is 81.2 cm³/mol. The van der Waals surface area contributed by atoms with Crippen LogP contribution in [0.2, 0.25) is 0 Å². The monoisotopic (exact) mass is 299 g/mol. The van der Waals surface area contributed by atoms with Gasteiger partial charge in [0.1, 0.15) is 5.78 Å². The average molecular weight is 299 g/mol. The minimum atomic E-state index is -0.497. The van der Waals surface area contributed by atoms with Crippen molar-refractivity contribution in [3.63, 3.8) is 0 Å². The number of Topliss-reactive ketones (excluding diaryl/α,β-unsaturated/α-hetero) is 1. The highest BCUT2D eigenvalue weighted by atomic mass is 16.6. The van der Waals surface area contributed by atoms with E-state index in [1.807, 2.05) is 6.07 Å². The third-order valence-corrected chi connectivity index (χ3v) is 3.09. The van der Waals surface area contributed by atoms with Crippen LogP contribution in [0.25, 0.3) is 0 Å². The lowest BCUT2D eigenvalue weighted by atomic mass is 10.1. The summed E-state index contributed by atoms with van der Waals surface area (Å²) in [4.78, 5) is 26.9. The molecule has 0 aliphatic rings. The number of carbonyl (C=O) groups excluding carboxylic acids is 2. The van der Waals surface area contributed by atoms with Crippen molar-refractivity contribution in [3.05, 3.63) is 53.9 Å². The molecule has 0 spiro atoms. The van der Waals surface area contributed by atoms with Crippen LogP contribution >= 0.6 is 0 Å². The highest BCUT2D eigenvalue weighted by Gasteiger charge is 2.13. The largest absolute Gasteiger partial charge is 0.493 e. The second kappa shape index (κ2) is 7.36. The first kappa shape index (κ1) is 15.7. The number of nitrogens with zero attached hydrogens (tertiary/aromatic N) is 1. The number of ketones is 1. The molecule has 0 unspecified atom stereocenters. The summed E-state index contributed by atoms with van der Waals surface area (Å²) in [5.74, 6) is 0.426. The molecule has 0 atom stereocenters. The summed E-state index contributed by atoms with van der Waals surface area (Å²) >= 11 is 0. The van der Waals surface area contributed by atoms with Crippen LogP contribution in [0.5, 0.6) is 11.5 Å². The zero-order valence-corrected chi connectivity index (χ0v) is 12.5. The fourth-order valence-electron chi connectivity index (χ4n) is 1.91. The number of hydrogen-bond acceptors (Lipinski definition) is 5. The number of hydrogen-bond donors (Lipinski definition) is 0. The lowest BCUT2D eigenvalue weighted by Gasteiger charge is -2.10. The Balaban J connectivity index is 2.14. The number of esters is 1. The Morgan fingerprint density at radius 2 is 2.00 bits per heavy atom. The molecule has 1 aromatic heterocycles. The molecule has 2 rings (SSSR count). The summed E-state index contributed by atoms with van der Waals surface area (Å²) in [5.41, 5.74) is 1.32. The number of aromatic nitrogens is 1. The van der Waals surface area contributed by atoms with Crippen LogP contribution in [0.3, 0.4) is 0 Å². The van der Waals surface area contributed by atoms with E-state index in [1.54, 1.807) is 37.4 Å². The zero-order chi connectivity index (χ0) is 15.9. The maximum absolute atomic E-state index is 12.0. The molecule has 0 saturated carbocycles. The molecule has 0 aliphatic carbocycles. The first-order chi connectivity index (χ1) is 10.6. The van der Waals surface area contributed by atoms with E-state index in [2.05, 4.69) is 4.98 Å². The van der Waals surface area contributed by atoms with Crippen molar-refractivity contribution in [2.45, 2.75) is 19.8 Å². The molecule has 0 saturated heterocycles. The van der Waals surface area contributed by atoms with E-state index in [1.165, 1.54) is 13.3 Å². The second-order valence-corrected chi connectivity index (χ2v) is 4.82. The van der Waals surface area contributed by atoms with Crippen molar-refractivity contribution in [1.82, 2.24) is 4.98 Å². The smallest absolute Gasteiger partial charge is 0.345 e. The fourth-order valence-corrected chi connectivity index (χ4v) is 1.91. The highest BCUT2D eigenvalue weighted by Crippen LogP contribution is 2.29. The first-order valence-electron chi connectivity index (χ1n) is 6.88. The summed E-state index contributed by atoms with van der Waals surface area (Å²) < 4.78 is 10.6. The highest BCUT2D eigenvalue weighted by molar-refractivity contribution is 5.91. The maximum Gasteiger partial charge on any atom is 0.345 e. The van der Waals surface area contributed by atoms with Crippen LogP contribution in [-0.2, 0) is 11.2 Å². The van der Waals surface area contributed by atoms with Gasteiger partial charge in [0.15, 0.2) is 11.5 Å². The van der Waals surface area contributed by atoms with Gasteiger partial charge >= 0.3 is 5.97 Å². The average Bonchev–Trinajstić information content (AvgIpc) is 2.54. The van der Waals surface area contributed by atoms with E-state index in [0.29, 0.717) is 29.9 Å². The molecular formula is C17H17NO4. The second-order valence-electron chi connectivity index (χ2n) is 4.82. The van der Waals surface area contributed by atoms with Gasteiger partial charge < -0.3 is 14.3 Å². The maximum atomic E-state index is 12.0. The third kappa shape index (κ3) is 4.15. The predicted octanol–water partition coefficient (Wildman–Crippen LogP) is 2.83. The molecular weight excluding hydrogens is 282 g/mol. The molecule has 0 amide bonds. The van der Waals surface area contributed by atoms with Gasteiger partial charge in [-0.25, -0.2) is 4.79 Å². The van der Waals surface area contributed by atoms with Crippen molar-refractivity contribution < 1.29 is 19.1 Å². The molecule has 0 aliphatic heterocycles. The van der Waals surface area contributed by atoms with Gasteiger partial charge in [-0.3, -0.25) is 4.98 Å². The van der Waals surface area contributed by atoms with Crippen LogP contribution in [0.4, 0.5) is 0 Å². The fraction of sp³-hybridized carbons (Fsp3) is 0.235. The Hall–Kier alpha value is -2.69. The van der Waals surface area contributed by atoms with Gasteiger partial charge in [0, 0.05) is 18.8 Å². The molecule has 0 radical (unpaired) electrons. The Bertz CT molecular complexity index is 668. The molecule has 0 N–H and O–H groups in total. The zero-order valence-electron chi connectivity index (χ0n) is 12.5. The molecule has 5 nitrogen and oxygen atoms in total. The molecule has 5 heteroatoms. The molecule has 0 fully saturated rings. The Morgan fingerprint density at radius 3 is 2.64 bits per heavy atom. The summed E-state index contributed by atoms with van der Waals surface area (Å²) in [6.45, 7) is 1.56. The van der Waals surface area contributed by atoms with E-state index in [4.69, 9.17) is 9.47 Å². The van der Waals surface area contributed by atoms with Crippen LogP contribution in [0.15, 0.2) is 42.7 Å². The van der Waals surface area contributed by atoms with Crippen molar-refractivity contribution in [3.8, 4) is 11.5 Å². The van der Waals surface area contributed by atoms with Crippen LogP contribution in [-0.4, -0.2) is 23.8 Å². The standard InChI is InChI=1S/C17H17NO4/c1-12(19)5-6-13-7-8-15(16(10-13)21-2)22-17(20)14-4-3-9-18-11-14/h3-4,7-11H,5-6H2,1-2H3. The van der Waals surface area contributed by atoms with E-state index in [-0.39, 0.29) is 5.78 Å². The third-order valence-electron chi connectivity index (χ3n) is 3.09. The number of pyridine rings is 1. The first-order valence-corrected chi connectivity index (χ1v) is 6.88.